The molecule has 7 fully saturated rings. The van der Waals surface area contributed by atoms with Gasteiger partial charge in [0.1, 0.15) is 79.9 Å². The van der Waals surface area contributed by atoms with Crippen LogP contribution in [0.15, 0.2) is 60.2 Å². The molecule has 141 heavy (non-hydrogen) atoms. The third kappa shape index (κ3) is 34.9. The standard InChI is InChI=1S/C23H40N4O12S2.C23H40O13.C22H25NO6.C11H19BrN2O6.C7H14O5.CH4S2/c1-10-12(5-28)38-22(20(36)18(10)34)26-14(30)3-24-16(32)7-40-9-41-8-17(33)25-4-15(31)27-23-21(37)19(35)11(2)13(6-29)39-23;1-8(2)33-22-20(32)18(30)21(13(7-25)35-22)36-23-19(31)16(28)12(9(3)34-23)5-10-4-11(6-24)15(27)17(29)14(10)26;1-12-18(10-24)29-21(20(26)19(12)25)23-22(27)28-11-17-15-8-4-2-6-13(15)14-7-3-5-9-16(14)17;1-5-6(4-15)20-11(10(19)9(5)18)14-8(17)3-13-7(16)2-12;1-3-4(2-8)12-7(11)6(10)5(3)9;2-1-3/h10-13,18-23,28-29,34-37H,3-9H2,1-2H3,(H,24,32)(H,25,33)(H,26,30)(H,27,31);4,8-10,12-32H,5-7H2,1-3H3;2-9,12,17-21,24-26H,10-11H2,1H3,(H,23,27);5-6,9-11,15,18-19H,2-4H2,1H3,(H,13,16)(H,14,17);3-11H,2H2,1H3;2-3H,1H2/t10-,11-,12?,13?,18+,19+,20?,21?,22+,23+;9?,10-,12-,13?,14+,15-,16+,17-,18-,19?,20?,21-,22+,23-;12-,18?,19+,20?,21+;5-,6?,9+,10?,11+;3-,4?,5+,6?,7+;/m11111./s1. The zero-order chi connectivity index (χ0) is 105. The van der Waals surface area contributed by atoms with Crippen LogP contribution < -0.4 is 37.2 Å². The number of hydrogen-bond donors (Lipinski definition) is 34. The van der Waals surface area contributed by atoms with Gasteiger partial charge in [0.05, 0.1) is 168 Å². The Hall–Kier alpha value is -5.21. The highest BCUT2D eigenvalue weighted by Crippen LogP contribution is 2.45. The van der Waals surface area contributed by atoms with Crippen molar-refractivity contribution in [3.05, 3.63) is 71.3 Å². The van der Waals surface area contributed by atoms with Gasteiger partial charge in [0, 0.05) is 57.5 Å². The fourth-order valence-corrected chi connectivity index (χ4v) is 18.4. The highest BCUT2D eigenvalue weighted by atomic mass is 79.9. The molecule has 9 aliphatic rings. The monoisotopic (exact) mass is 2160 g/mol. The smallest absolute Gasteiger partial charge is 0.409 e. The molecule has 2 aliphatic carbocycles. The van der Waals surface area contributed by atoms with E-state index in [0.717, 1.165) is 22.3 Å². The molecule has 32 N–H and O–H groups in total. The molecule has 7 heterocycles. The number of thioether (sulfide) groups is 2. The highest BCUT2D eigenvalue weighted by molar-refractivity contribution is 9.09. The Morgan fingerprint density at radius 3 is 1.17 bits per heavy atom. The molecule has 11 rings (SSSR count). The van der Waals surface area contributed by atoms with E-state index < -0.39 is 307 Å². The molecule has 0 aromatic heterocycles. The van der Waals surface area contributed by atoms with Crippen molar-refractivity contribution in [3.8, 4) is 11.1 Å². The Labute approximate surface area is 841 Å². The normalized spacial score (nSPS) is 37.0. The van der Waals surface area contributed by atoms with Gasteiger partial charge in [-0.3, -0.25) is 34.1 Å². The molecule has 808 valence electrons. The Morgan fingerprint density at radius 1 is 0.418 bits per heavy atom. The molecular formula is C87H142BrN7O42S4. The summed E-state index contributed by atoms with van der Waals surface area (Å²) in [5, 5.41) is 264. The number of halogens is 1. The lowest BCUT2D eigenvalue weighted by molar-refractivity contribution is -0.357. The van der Waals surface area contributed by atoms with Gasteiger partial charge in [-0.25, -0.2) is 4.79 Å². The SMILES string of the molecule is CC(C)O[C@H]1OC(CO)[C@@H](O[C@H]2OC(C)[C@@H](C[C@H]3C=C(CO)[C@@H](O)[C@H](O)[C@H]3O)[C@H](O)C2O)[C@H](O)C1O.C[C@@H]1C(CO)O[C@H](NC(=O)CNC(=O)CBr)C(O)[C@H]1O.C[C@@H]1C(CO)O[C@H](NC(=O)CNC(=O)CSCSCC(=O)NCC(=O)N[C@H]2OC(CO)[C@@H](C)[C@H](O)C2O)C(O)[C@H]1O.C[C@@H]1C(CO)O[C@H](NC(=O)OCC2c3ccccc3-c3ccccc32)C(O)[C@H]1O.C[C@@H]1C(CO)O[C@H](O)C(O)[C@H]1O.SCS. The van der Waals surface area contributed by atoms with E-state index in [0.29, 0.717) is 10.2 Å². The number of hydrogen-bond acceptors (Lipinski definition) is 46. The minimum Gasteiger partial charge on any atom is -0.448 e. The number of alkyl halides is 1. The Morgan fingerprint density at radius 2 is 0.787 bits per heavy atom. The van der Waals surface area contributed by atoms with Crippen molar-refractivity contribution in [2.24, 2.45) is 41.4 Å². The fraction of sp³-hybridized carbons (Fsp3) is 0.759. The molecule has 0 radical (unpaired) electrons. The summed E-state index contributed by atoms with van der Waals surface area (Å²) in [6.45, 7) is 9.34. The number of aliphatic hydroxyl groups is 25. The van der Waals surface area contributed by atoms with Crippen molar-refractivity contribution in [3.63, 3.8) is 0 Å². The highest BCUT2D eigenvalue weighted by Gasteiger charge is 2.54. The number of thiol groups is 2. The van der Waals surface area contributed by atoms with Crippen LogP contribution in [0.5, 0.6) is 0 Å². The van der Waals surface area contributed by atoms with E-state index in [2.05, 4.69) is 90.5 Å². The summed E-state index contributed by atoms with van der Waals surface area (Å²) in [5.74, 6) is -7.11. The second-order valence-corrected chi connectivity index (χ2v) is 39.3. The van der Waals surface area contributed by atoms with Crippen molar-refractivity contribution < 1.29 is 209 Å². The number of benzene rings is 2. The first-order valence-electron chi connectivity index (χ1n) is 45.5. The first kappa shape index (κ1) is 124. The average molecular weight is 2170 g/mol. The first-order chi connectivity index (χ1) is 66.7. The number of amides is 7. The van der Waals surface area contributed by atoms with Gasteiger partial charge in [-0.1, -0.05) is 105 Å². The number of nitrogens with one attached hydrogen (secondary N) is 7. The molecule has 2 aromatic carbocycles. The molecule has 49 nitrogen and oxygen atoms in total. The number of aliphatic hydroxyl groups excluding tert-OH is 25. The van der Waals surface area contributed by atoms with Gasteiger partial charge in [0.25, 0.3) is 0 Å². The van der Waals surface area contributed by atoms with E-state index in [-0.39, 0.29) is 85.6 Å². The molecule has 14 unspecified atom stereocenters. The van der Waals surface area contributed by atoms with Crippen LogP contribution in [-0.2, 0) is 76.1 Å². The topological polar surface area (TPSA) is 802 Å². The van der Waals surface area contributed by atoms with Crippen molar-refractivity contribution >= 4 is 106 Å². The number of fused-ring (bicyclic) bond motifs is 3. The van der Waals surface area contributed by atoms with Crippen LogP contribution in [0.3, 0.4) is 0 Å². The van der Waals surface area contributed by atoms with Crippen LogP contribution in [0.1, 0.15) is 78.9 Å². The zero-order valence-corrected chi connectivity index (χ0v) is 83.6. The predicted octanol–water partition coefficient (Wildman–Crippen LogP) is -10.5. The van der Waals surface area contributed by atoms with Crippen molar-refractivity contribution in [1.29, 1.82) is 0 Å². The average Bonchev–Trinajstić information content (AvgIpc) is 1.61. The maximum Gasteiger partial charge on any atom is 0.409 e. The summed E-state index contributed by atoms with van der Waals surface area (Å²) in [6, 6.07) is 16.0. The molecule has 7 saturated heterocycles. The predicted molar refractivity (Wildman–Crippen MR) is 505 cm³/mol. The van der Waals surface area contributed by atoms with Gasteiger partial charge in [0.15, 0.2) is 43.8 Å². The third-order valence-electron chi connectivity index (χ3n) is 25.2. The Kier molecular flexibility index (Phi) is 53.9. The number of alkyl carbamates (subject to hydrolysis) is 1. The summed E-state index contributed by atoms with van der Waals surface area (Å²) in [6.07, 6.45) is -38.0. The van der Waals surface area contributed by atoms with E-state index in [1.165, 1.54) is 29.6 Å². The molecule has 39 atom stereocenters. The summed E-state index contributed by atoms with van der Waals surface area (Å²) in [5.41, 5.74) is 4.59. The summed E-state index contributed by atoms with van der Waals surface area (Å²) in [7, 11) is 0. The molecule has 2 aromatic rings. The number of ether oxygens (including phenoxy) is 10. The van der Waals surface area contributed by atoms with Crippen LogP contribution in [0.4, 0.5) is 4.79 Å². The first-order valence-corrected chi connectivity index (χ1v) is 50.2. The van der Waals surface area contributed by atoms with E-state index >= 15 is 0 Å². The van der Waals surface area contributed by atoms with Gasteiger partial charge >= 0.3 is 6.09 Å². The second-order valence-electron chi connectivity index (χ2n) is 35.2. The Balaban J connectivity index is 0.000000280. The van der Waals surface area contributed by atoms with E-state index in [1.54, 1.807) is 55.4 Å². The number of rotatable bonds is 32. The quantitative estimate of drug-likeness (QED) is 0.0106. The summed E-state index contributed by atoms with van der Waals surface area (Å²) >= 11 is 12.6. The van der Waals surface area contributed by atoms with Crippen molar-refractivity contribution in [2.45, 2.75) is 270 Å². The van der Waals surface area contributed by atoms with E-state index in [9.17, 15) is 141 Å². The van der Waals surface area contributed by atoms with Crippen LogP contribution >= 0.6 is 64.7 Å². The van der Waals surface area contributed by atoms with Gasteiger partial charge in [-0.15, -0.1) is 23.5 Å². The summed E-state index contributed by atoms with van der Waals surface area (Å²) in [4.78, 5) is 83.1. The van der Waals surface area contributed by atoms with Crippen LogP contribution in [0.25, 0.3) is 11.1 Å². The zero-order valence-electron chi connectivity index (χ0n) is 78.6. The lowest BCUT2D eigenvalue weighted by Crippen LogP contribution is -2.63. The van der Waals surface area contributed by atoms with Gasteiger partial charge < -0.3 is 207 Å². The maximum absolute atomic E-state index is 12.4. The molecular weight excluding hydrogens is 2020 g/mol. The number of carbonyl (C=O) groups excluding carboxylic acids is 7. The second kappa shape index (κ2) is 61.1. The van der Waals surface area contributed by atoms with Gasteiger partial charge in [-0.05, 0) is 55.0 Å². The lowest BCUT2D eigenvalue weighted by atomic mass is 9.75. The van der Waals surface area contributed by atoms with Crippen LogP contribution in [0.2, 0.25) is 0 Å². The molecule has 7 amide bonds. The third-order valence-corrected chi connectivity index (χ3v) is 28.0. The maximum atomic E-state index is 12.4. The fourth-order valence-electron chi connectivity index (χ4n) is 16.5. The molecule has 0 bridgehead atoms. The molecule has 7 aliphatic heterocycles. The number of carbonyl (C=O) groups is 7. The molecule has 0 spiro atoms. The minimum absolute atomic E-state index is 0.00130. The van der Waals surface area contributed by atoms with Crippen molar-refractivity contribution in [1.82, 2.24) is 37.2 Å². The van der Waals surface area contributed by atoms with Gasteiger partial charge in [-0.2, -0.15) is 25.3 Å². The summed E-state index contributed by atoms with van der Waals surface area (Å²) < 4.78 is 54.3. The Bertz CT molecular complexity index is 4030. The van der Waals surface area contributed by atoms with Gasteiger partial charge in [0.2, 0.25) is 35.4 Å². The largest absolute Gasteiger partial charge is 0.448 e. The lowest BCUT2D eigenvalue weighted by Gasteiger charge is -2.47. The minimum atomic E-state index is -1.61. The molecule has 0 saturated carbocycles. The van der Waals surface area contributed by atoms with E-state index in [1.807, 2.05) is 36.4 Å². The van der Waals surface area contributed by atoms with E-state index in [4.69, 9.17) is 67.8 Å². The van der Waals surface area contributed by atoms with Crippen molar-refractivity contribution in [2.75, 3.05) is 99.5 Å². The molecule has 54 heteroatoms. The van der Waals surface area contributed by atoms with Crippen LogP contribution in [0, 0.1) is 41.4 Å². The van der Waals surface area contributed by atoms with Crippen LogP contribution in [-0.4, -0.2) is 471 Å².